The number of hydrogen-bond acceptors (Lipinski definition) is 9. The van der Waals surface area contributed by atoms with Crippen LogP contribution in [0.5, 0.6) is 11.5 Å². The molecule has 11 nitrogen and oxygen atoms in total. The molecule has 5 aromatic rings. The van der Waals surface area contributed by atoms with Gasteiger partial charge in [-0.15, -0.1) is 5.10 Å². The Morgan fingerprint density at radius 3 is 2.74 bits per heavy atom. The second-order valence-electron chi connectivity index (χ2n) is 10.8. The van der Waals surface area contributed by atoms with E-state index in [9.17, 15) is 4.79 Å². The SMILES string of the molecule is C=CC(=O)N1CCN(c2ccc3ncnc(Nc4ccc(Oc5ccc6c(c5)nnn6C)c(C)c4F)c3n2)CC1(C)C. The summed E-state index contributed by atoms with van der Waals surface area (Å²) >= 11 is 0. The predicted octanol–water partition coefficient (Wildman–Crippen LogP) is 4.90. The Morgan fingerprint density at radius 1 is 1.12 bits per heavy atom. The third kappa shape index (κ3) is 4.84. The lowest BCUT2D eigenvalue weighted by Crippen LogP contribution is -2.61. The lowest BCUT2D eigenvalue weighted by Gasteiger charge is -2.47. The molecule has 2 aromatic carbocycles. The van der Waals surface area contributed by atoms with Gasteiger partial charge in [-0.25, -0.2) is 24.0 Å². The minimum absolute atomic E-state index is 0.0914. The van der Waals surface area contributed by atoms with Gasteiger partial charge in [0.15, 0.2) is 11.6 Å². The molecule has 4 heterocycles. The molecule has 1 amide bonds. The van der Waals surface area contributed by atoms with E-state index in [2.05, 4.69) is 37.1 Å². The van der Waals surface area contributed by atoms with Crippen molar-refractivity contribution in [3.63, 3.8) is 0 Å². The number of amides is 1. The van der Waals surface area contributed by atoms with Crippen LogP contribution in [-0.2, 0) is 11.8 Å². The van der Waals surface area contributed by atoms with Crippen LogP contribution >= 0.6 is 0 Å². The van der Waals surface area contributed by atoms with Crippen LogP contribution in [0.4, 0.5) is 21.7 Å². The van der Waals surface area contributed by atoms with Crippen molar-refractivity contribution in [2.24, 2.45) is 7.05 Å². The maximum absolute atomic E-state index is 15.6. The van der Waals surface area contributed by atoms with Gasteiger partial charge in [0.2, 0.25) is 5.91 Å². The topological polar surface area (TPSA) is 114 Å². The number of nitrogens with one attached hydrogen (secondary N) is 1. The number of halogens is 1. The van der Waals surface area contributed by atoms with E-state index < -0.39 is 11.4 Å². The van der Waals surface area contributed by atoms with Gasteiger partial charge in [0, 0.05) is 38.3 Å². The summed E-state index contributed by atoms with van der Waals surface area (Å²) in [5.41, 5.74) is 2.82. The molecule has 1 fully saturated rings. The molecule has 12 heteroatoms. The van der Waals surface area contributed by atoms with E-state index in [-0.39, 0.29) is 11.6 Å². The summed E-state index contributed by atoms with van der Waals surface area (Å²) in [6.45, 7) is 11.1. The van der Waals surface area contributed by atoms with Gasteiger partial charge >= 0.3 is 0 Å². The molecule has 0 spiro atoms. The summed E-state index contributed by atoms with van der Waals surface area (Å²) < 4.78 is 23.3. The number of rotatable bonds is 6. The molecular formula is C30H30FN9O2. The molecule has 0 bridgehead atoms. The highest BCUT2D eigenvalue weighted by molar-refractivity contribution is 5.89. The van der Waals surface area contributed by atoms with E-state index in [1.54, 1.807) is 35.9 Å². The summed E-state index contributed by atoms with van der Waals surface area (Å²) in [4.78, 5) is 29.9. The highest BCUT2D eigenvalue weighted by Crippen LogP contribution is 2.34. The Kier molecular flexibility index (Phi) is 6.68. The number of carbonyl (C=O) groups excluding carboxylic acids is 1. The molecule has 0 radical (unpaired) electrons. The summed E-state index contributed by atoms with van der Waals surface area (Å²) in [5, 5.41) is 11.2. The minimum atomic E-state index is -0.472. The second-order valence-corrected chi connectivity index (χ2v) is 10.8. The highest BCUT2D eigenvalue weighted by atomic mass is 19.1. The number of pyridine rings is 1. The van der Waals surface area contributed by atoms with Crippen molar-refractivity contribution in [1.29, 1.82) is 0 Å². The van der Waals surface area contributed by atoms with Crippen molar-refractivity contribution in [2.45, 2.75) is 26.3 Å². The first-order valence-electron chi connectivity index (χ1n) is 13.5. The van der Waals surface area contributed by atoms with Gasteiger partial charge < -0.3 is 19.9 Å². The van der Waals surface area contributed by atoms with Crippen molar-refractivity contribution in [3.05, 3.63) is 72.8 Å². The van der Waals surface area contributed by atoms with E-state index in [0.717, 1.165) is 11.3 Å². The standard InChI is InChI=1S/C30H30FN9O2/c1-6-26(41)40-14-13-39(16-30(40,3)4)25-12-9-21-28(35-25)29(33-17-32-21)34-20-8-11-24(18(2)27(20)31)42-19-7-10-23-22(15-19)36-37-38(23)5/h6-12,15,17H,1,13-14,16H2,2-5H3,(H,32,33,34). The largest absolute Gasteiger partial charge is 0.457 e. The molecular weight excluding hydrogens is 537 g/mol. The van der Waals surface area contributed by atoms with Crippen molar-refractivity contribution in [1.82, 2.24) is 34.8 Å². The molecule has 0 atom stereocenters. The zero-order valence-corrected chi connectivity index (χ0v) is 23.8. The van der Waals surface area contributed by atoms with Gasteiger partial charge in [-0.1, -0.05) is 11.8 Å². The average Bonchev–Trinajstić information content (AvgIpc) is 3.35. The molecule has 6 rings (SSSR count). The van der Waals surface area contributed by atoms with Gasteiger partial charge in [0.25, 0.3) is 0 Å². The predicted molar refractivity (Wildman–Crippen MR) is 159 cm³/mol. The molecule has 0 saturated carbocycles. The van der Waals surface area contributed by atoms with Crippen LogP contribution in [0.1, 0.15) is 19.4 Å². The molecule has 0 aliphatic carbocycles. The van der Waals surface area contributed by atoms with E-state index in [1.165, 1.54) is 12.4 Å². The first-order chi connectivity index (χ1) is 20.1. The van der Waals surface area contributed by atoms with Crippen LogP contribution in [0, 0.1) is 12.7 Å². The molecule has 3 aromatic heterocycles. The number of hydrogen-bond donors (Lipinski definition) is 1. The van der Waals surface area contributed by atoms with Crippen LogP contribution < -0.4 is 15.0 Å². The fourth-order valence-electron chi connectivity index (χ4n) is 5.28. The molecule has 214 valence electrons. The number of aromatic nitrogens is 6. The number of carbonyl (C=O) groups is 1. The van der Waals surface area contributed by atoms with E-state index in [0.29, 0.717) is 59.1 Å². The zero-order chi connectivity index (χ0) is 29.6. The molecule has 1 aliphatic rings. The van der Waals surface area contributed by atoms with Crippen LogP contribution in [0.25, 0.3) is 22.1 Å². The second kappa shape index (κ2) is 10.4. The summed E-state index contributed by atoms with van der Waals surface area (Å²) in [7, 11) is 1.81. The van der Waals surface area contributed by atoms with Crippen molar-refractivity contribution in [3.8, 4) is 11.5 Å². The quantitative estimate of drug-likeness (QED) is 0.286. The third-order valence-corrected chi connectivity index (χ3v) is 7.53. The maximum Gasteiger partial charge on any atom is 0.246 e. The van der Waals surface area contributed by atoms with Crippen LogP contribution in [0.2, 0.25) is 0 Å². The molecule has 1 saturated heterocycles. The minimum Gasteiger partial charge on any atom is -0.457 e. The number of aryl methyl sites for hydroxylation is 1. The first-order valence-corrected chi connectivity index (χ1v) is 13.5. The van der Waals surface area contributed by atoms with Gasteiger partial charge in [-0.3, -0.25) is 4.79 Å². The summed E-state index contributed by atoms with van der Waals surface area (Å²) in [5.74, 6) is 1.45. The number of benzene rings is 2. The molecule has 0 unspecified atom stereocenters. The van der Waals surface area contributed by atoms with E-state index in [4.69, 9.17) is 9.72 Å². The fraction of sp³-hybridized carbons (Fsp3) is 0.267. The first kappa shape index (κ1) is 27.1. The summed E-state index contributed by atoms with van der Waals surface area (Å²) in [6.07, 6.45) is 2.76. The lowest BCUT2D eigenvalue weighted by atomic mass is 9.98. The highest BCUT2D eigenvalue weighted by Gasteiger charge is 2.36. The number of ether oxygens (including phenoxy) is 1. The number of nitrogens with zero attached hydrogens (tertiary/aromatic N) is 8. The third-order valence-electron chi connectivity index (χ3n) is 7.53. The molecule has 42 heavy (non-hydrogen) atoms. The Labute approximate surface area is 241 Å². The van der Waals surface area contributed by atoms with E-state index in [1.807, 2.05) is 44.0 Å². The lowest BCUT2D eigenvalue weighted by molar-refractivity contribution is -0.131. The van der Waals surface area contributed by atoms with Crippen molar-refractivity contribution in [2.75, 3.05) is 29.9 Å². The fourth-order valence-corrected chi connectivity index (χ4v) is 5.28. The van der Waals surface area contributed by atoms with Crippen LogP contribution in [0.3, 0.4) is 0 Å². The Bertz CT molecular complexity index is 1850. The Morgan fingerprint density at radius 2 is 1.95 bits per heavy atom. The van der Waals surface area contributed by atoms with Gasteiger partial charge in [0.1, 0.15) is 34.7 Å². The zero-order valence-electron chi connectivity index (χ0n) is 23.8. The number of fused-ring (bicyclic) bond motifs is 2. The number of anilines is 3. The normalized spacial score (nSPS) is 14.8. The van der Waals surface area contributed by atoms with Gasteiger partial charge in [-0.2, -0.15) is 0 Å². The van der Waals surface area contributed by atoms with Crippen LogP contribution in [0.15, 0.2) is 61.4 Å². The van der Waals surface area contributed by atoms with Crippen molar-refractivity contribution < 1.29 is 13.9 Å². The maximum atomic E-state index is 15.6. The Balaban J connectivity index is 1.26. The van der Waals surface area contributed by atoms with Crippen molar-refractivity contribution >= 4 is 45.3 Å². The molecule has 1 aliphatic heterocycles. The Hall–Kier alpha value is -5.13. The monoisotopic (exact) mass is 567 g/mol. The van der Waals surface area contributed by atoms with E-state index >= 15 is 4.39 Å². The average molecular weight is 568 g/mol. The molecule has 1 N–H and O–H groups in total. The summed E-state index contributed by atoms with van der Waals surface area (Å²) in [6, 6.07) is 12.5. The van der Waals surface area contributed by atoms with Gasteiger partial charge in [-0.05, 0) is 63.2 Å². The van der Waals surface area contributed by atoms with Gasteiger partial charge in [0.05, 0.1) is 22.3 Å². The van der Waals surface area contributed by atoms with Crippen LogP contribution in [-0.4, -0.2) is 65.9 Å². The smallest absolute Gasteiger partial charge is 0.246 e. The number of piperazine rings is 1.